The molecular weight excluding hydrogens is 231 g/mol. The van der Waals surface area contributed by atoms with Gasteiger partial charge < -0.3 is 5.09 Å². The third kappa shape index (κ3) is 2.18. The number of aromatic nitrogens is 5. The first kappa shape index (κ1) is 10.6. The second kappa shape index (κ2) is 4.72. The molecule has 0 aromatic carbocycles. The van der Waals surface area contributed by atoms with E-state index in [0.29, 0.717) is 17.0 Å². The van der Waals surface area contributed by atoms with Crippen molar-refractivity contribution in [1.82, 2.24) is 25.4 Å². The molecule has 0 fully saturated rings. The molecule has 8 heteroatoms. The Hall–Kier alpha value is -0.940. The number of aromatic amines is 1. The summed E-state index contributed by atoms with van der Waals surface area (Å²) >= 11 is 1.62. The first-order chi connectivity index (χ1) is 7.35. The van der Waals surface area contributed by atoms with Gasteiger partial charge in [0.2, 0.25) is 0 Å². The van der Waals surface area contributed by atoms with E-state index in [4.69, 9.17) is 0 Å². The summed E-state index contributed by atoms with van der Waals surface area (Å²) in [6, 6.07) is 0. The quantitative estimate of drug-likeness (QED) is 0.480. The molecule has 1 atom stereocenters. The standard InChI is InChI=1S/C7H11N6PS/c1-2-3-15-7-8-5-4(10-13-11-5)6(9-7)12-14/h2-3,14H2,1H3,(H2,8,9,10,11,12,13). The van der Waals surface area contributed by atoms with Crippen LogP contribution >= 0.6 is 21.2 Å². The summed E-state index contributed by atoms with van der Waals surface area (Å²) in [6.07, 6.45) is 1.09. The number of fused-ring (bicyclic) bond motifs is 1. The molecule has 2 rings (SSSR count). The zero-order valence-corrected chi connectivity index (χ0v) is 10.2. The molecule has 0 saturated carbocycles. The van der Waals surface area contributed by atoms with Crippen molar-refractivity contribution in [3.05, 3.63) is 0 Å². The molecule has 2 heterocycles. The highest BCUT2D eigenvalue weighted by molar-refractivity contribution is 7.99. The summed E-state index contributed by atoms with van der Waals surface area (Å²) in [4.78, 5) is 8.63. The molecule has 2 N–H and O–H groups in total. The van der Waals surface area contributed by atoms with E-state index >= 15 is 0 Å². The Labute approximate surface area is 93.3 Å². The van der Waals surface area contributed by atoms with Gasteiger partial charge in [0.25, 0.3) is 0 Å². The summed E-state index contributed by atoms with van der Waals surface area (Å²) in [5.41, 5.74) is 1.32. The number of rotatable bonds is 4. The van der Waals surface area contributed by atoms with Crippen molar-refractivity contribution in [2.24, 2.45) is 0 Å². The lowest BCUT2D eigenvalue weighted by atomic mass is 10.5. The van der Waals surface area contributed by atoms with Crippen LogP contribution in [-0.2, 0) is 0 Å². The molecule has 15 heavy (non-hydrogen) atoms. The summed E-state index contributed by atoms with van der Waals surface area (Å²) in [7, 11) is 2.40. The number of H-pyrrole nitrogens is 1. The maximum Gasteiger partial charge on any atom is 0.191 e. The van der Waals surface area contributed by atoms with Gasteiger partial charge in [-0.25, -0.2) is 15.1 Å². The van der Waals surface area contributed by atoms with Gasteiger partial charge >= 0.3 is 0 Å². The average molecular weight is 242 g/mol. The van der Waals surface area contributed by atoms with Gasteiger partial charge in [0.1, 0.15) is 0 Å². The molecule has 0 aliphatic carbocycles. The number of anilines is 1. The molecule has 0 aliphatic heterocycles. The smallest absolute Gasteiger partial charge is 0.191 e. The van der Waals surface area contributed by atoms with Gasteiger partial charge in [-0.2, -0.15) is 0 Å². The first-order valence-corrected chi connectivity index (χ1v) is 6.09. The second-order valence-electron chi connectivity index (χ2n) is 2.86. The molecule has 2 aromatic rings. The van der Waals surface area contributed by atoms with E-state index in [1.54, 1.807) is 11.8 Å². The van der Waals surface area contributed by atoms with Gasteiger partial charge in [-0.1, -0.05) is 23.9 Å². The first-order valence-electron chi connectivity index (χ1n) is 4.53. The second-order valence-corrected chi connectivity index (χ2v) is 4.21. The highest BCUT2D eigenvalue weighted by Gasteiger charge is 2.09. The third-order valence-corrected chi connectivity index (χ3v) is 3.07. The third-order valence-electron chi connectivity index (χ3n) is 1.74. The molecule has 0 saturated heterocycles. The van der Waals surface area contributed by atoms with Crippen molar-refractivity contribution < 1.29 is 0 Å². The Balaban J connectivity index is 2.40. The van der Waals surface area contributed by atoms with E-state index in [0.717, 1.165) is 17.3 Å². The van der Waals surface area contributed by atoms with Crippen LogP contribution in [0, 0.1) is 0 Å². The van der Waals surface area contributed by atoms with Crippen molar-refractivity contribution in [2.45, 2.75) is 18.5 Å². The Morgan fingerprint density at radius 2 is 2.33 bits per heavy atom. The lowest BCUT2D eigenvalue weighted by molar-refractivity contribution is 0.946. The van der Waals surface area contributed by atoms with Crippen LogP contribution in [0.15, 0.2) is 5.16 Å². The van der Waals surface area contributed by atoms with E-state index in [9.17, 15) is 0 Å². The predicted molar refractivity (Wildman–Crippen MR) is 63.8 cm³/mol. The predicted octanol–water partition coefficient (Wildman–Crippen LogP) is 1.45. The van der Waals surface area contributed by atoms with Gasteiger partial charge in [0.15, 0.2) is 22.1 Å². The lowest BCUT2D eigenvalue weighted by Crippen LogP contribution is -1.94. The van der Waals surface area contributed by atoms with E-state index in [1.807, 2.05) is 0 Å². The molecular formula is C7H11N6PS. The summed E-state index contributed by atoms with van der Waals surface area (Å²) in [5.74, 6) is 1.68. The van der Waals surface area contributed by atoms with Crippen LogP contribution in [0.1, 0.15) is 13.3 Å². The normalized spacial score (nSPS) is 10.8. The van der Waals surface area contributed by atoms with Crippen LogP contribution in [0.5, 0.6) is 0 Å². The van der Waals surface area contributed by atoms with Crippen LogP contribution in [0.25, 0.3) is 11.2 Å². The monoisotopic (exact) mass is 242 g/mol. The lowest BCUT2D eigenvalue weighted by Gasteiger charge is -2.02. The summed E-state index contributed by atoms with van der Waals surface area (Å²) < 4.78 is 0. The van der Waals surface area contributed by atoms with Crippen LogP contribution in [0.4, 0.5) is 5.82 Å². The molecule has 0 aliphatic rings. The molecule has 80 valence electrons. The SMILES string of the molecule is CCCSc1nc(NP)c2nn[nH]c2n1. The largest absolute Gasteiger partial charge is 0.353 e. The summed E-state index contributed by atoms with van der Waals surface area (Å²) in [6.45, 7) is 2.12. The number of hydrogen-bond acceptors (Lipinski definition) is 6. The zero-order chi connectivity index (χ0) is 10.7. The van der Waals surface area contributed by atoms with Gasteiger partial charge in [-0.15, -0.1) is 5.10 Å². The number of thioether (sulfide) groups is 1. The Morgan fingerprint density at radius 1 is 1.47 bits per heavy atom. The molecule has 6 nitrogen and oxygen atoms in total. The van der Waals surface area contributed by atoms with Crippen molar-refractivity contribution in [1.29, 1.82) is 0 Å². The van der Waals surface area contributed by atoms with Crippen molar-refractivity contribution in [2.75, 3.05) is 10.8 Å². The molecule has 0 bridgehead atoms. The van der Waals surface area contributed by atoms with Gasteiger partial charge in [-0.05, 0) is 15.8 Å². The Kier molecular flexibility index (Phi) is 3.33. The molecule has 2 aromatic heterocycles. The topological polar surface area (TPSA) is 79.4 Å². The Morgan fingerprint density at radius 3 is 3.07 bits per heavy atom. The van der Waals surface area contributed by atoms with E-state index in [1.165, 1.54) is 0 Å². The van der Waals surface area contributed by atoms with E-state index in [-0.39, 0.29) is 0 Å². The van der Waals surface area contributed by atoms with Crippen LogP contribution in [0.2, 0.25) is 0 Å². The zero-order valence-electron chi connectivity index (χ0n) is 8.19. The van der Waals surface area contributed by atoms with Crippen LogP contribution in [-0.4, -0.2) is 31.1 Å². The highest BCUT2D eigenvalue weighted by Crippen LogP contribution is 2.22. The Bertz CT molecular complexity index is 458. The maximum absolute atomic E-state index is 4.33. The van der Waals surface area contributed by atoms with Crippen molar-refractivity contribution >= 4 is 38.1 Å². The minimum Gasteiger partial charge on any atom is -0.353 e. The maximum atomic E-state index is 4.33. The molecule has 0 spiro atoms. The summed E-state index contributed by atoms with van der Waals surface area (Å²) in [5, 5.41) is 14.0. The minimum atomic E-state index is 0.658. The van der Waals surface area contributed by atoms with E-state index < -0.39 is 0 Å². The van der Waals surface area contributed by atoms with Crippen LogP contribution < -0.4 is 5.09 Å². The van der Waals surface area contributed by atoms with E-state index in [2.05, 4.69) is 46.8 Å². The van der Waals surface area contributed by atoms with Gasteiger partial charge in [0, 0.05) is 5.75 Å². The number of nitrogens with one attached hydrogen (secondary N) is 2. The van der Waals surface area contributed by atoms with Crippen molar-refractivity contribution in [3.8, 4) is 0 Å². The van der Waals surface area contributed by atoms with Gasteiger partial charge in [0.05, 0.1) is 0 Å². The highest BCUT2D eigenvalue weighted by atomic mass is 32.2. The molecule has 0 amide bonds. The van der Waals surface area contributed by atoms with Gasteiger partial charge in [-0.3, -0.25) is 0 Å². The fourth-order valence-corrected chi connectivity index (χ4v) is 1.99. The number of nitrogens with zero attached hydrogens (tertiary/aromatic N) is 4. The van der Waals surface area contributed by atoms with Crippen LogP contribution in [0.3, 0.4) is 0 Å². The average Bonchev–Trinajstić information content (AvgIpc) is 2.73. The molecule has 0 radical (unpaired) electrons. The van der Waals surface area contributed by atoms with Crippen molar-refractivity contribution in [3.63, 3.8) is 0 Å². The minimum absolute atomic E-state index is 0.658. The number of hydrogen-bond donors (Lipinski definition) is 2. The molecule has 1 unspecified atom stereocenters. The fraction of sp³-hybridized carbons (Fsp3) is 0.429. The fourth-order valence-electron chi connectivity index (χ4n) is 1.09.